The number of hydrogen-bond acceptors (Lipinski definition) is 2. The van der Waals surface area contributed by atoms with Crippen molar-refractivity contribution in [1.29, 1.82) is 0 Å². The van der Waals surface area contributed by atoms with E-state index in [4.69, 9.17) is 9.47 Å². The van der Waals surface area contributed by atoms with Gasteiger partial charge in [-0.25, -0.2) is 0 Å². The maximum Gasteiger partial charge on any atom is 0.148 e. The Morgan fingerprint density at radius 1 is 1.21 bits per heavy atom. The summed E-state index contributed by atoms with van der Waals surface area (Å²) in [6.45, 7) is 11.2. The lowest BCUT2D eigenvalue weighted by Crippen LogP contribution is -2.32. The summed E-state index contributed by atoms with van der Waals surface area (Å²) >= 11 is 3.31. The van der Waals surface area contributed by atoms with Crippen molar-refractivity contribution in [3.05, 3.63) is 0 Å². The third-order valence-corrected chi connectivity index (χ3v) is 3.55. The number of halogens is 1. The fourth-order valence-corrected chi connectivity index (χ4v) is 2.07. The van der Waals surface area contributed by atoms with E-state index in [1.165, 1.54) is 0 Å². The Balaban J connectivity index is 4.94. The molecule has 0 aromatic heterocycles. The summed E-state index contributed by atoms with van der Waals surface area (Å²) in [5.41, 5.74) is 3.27. The highest BCUT2D eigenvalue weighted by atomic mass is 79.9. The molecule has 1 unspecified atom stereocenters. The van der Waals surface area contributed by atoms with Crippen LogP contribution >= 0.6 is 15.9 Å². The molecule has 0 saturated heterocycles. The second-order valence-corrected chi connectivity index (χ2v) is 11.4. The van der Waals surface area contributed by atoms with Gasteiger partial charge in [0.25, 0.3) is 0 Å². The van der Waals surface area contributed by atoms with Gasteiger partial charge in [-0.05, 0) is 0 Å². The summed E-state index contributed by atoms with van der Waals surface area (Å²) in [5, 5.41) is 0.702. The molecule has 0 rings (SSSR count). The predicted octanol–water partition coefficient (Wildman–Crippen LogP) is 3.67. The Morgan fingerprint density at radius 2 is 1.84 bits per heavy atom. The minimum Gasteiger partial charge on any atom is -0.359 e. The molecule has 108 valence electrons. The lowest BCUT2D eigenvalue weighted by molar-refractivity contribution is -0.0861. The molecule has 0 aliphatic rings. The first-order valence-corrected chi connectivity index (χ1v) is 11.0. The van der Waals surface area contributed by atoms with Crippen LogP contribution in [-0.2, 0) is 9.47 Å². The Labute approximate surface area is 127 Å². The van der Waals surface area contributed by atoms with Crippen LogP contribution in [0.2, 0.25) is 19.6 Å². The minimum atomic E-state index is -1.40. The van der Waals surface area contributed by atoms with Crippen LogP contribution in [0.4, 0.5) is 0 Å². The van der Waals surface area contributed by atoms with Gasteiger partial charge in [0.1, 0.15) is 21.0 Å². The molecule has 0 aliphatic heterocycles. The van der Waals surface area contributed by atoms with E-state index in [0.717, 1.165) is 6.42 Å². The standard InChI is InChI=1S/C15H25BrO2Si/c1-15(2,10-7-8-11-16)14(18-13-17-3)9-12-19(4,5)6/h14H,10-11,13H2,1-6H3. The summed E-state index contributed by atoms with van der Waals surface area (Å²) in [6, 6.07) is 0. The van der Waals surface area contributed by atoms with Gasteiger partial charge < -0.3 is 9.47 Å². The predicted molar refractivity (Wildman–Crippen MR) is 87.8 cm³/mol. The van der Waals surface area contributed by atoms with Crippen LogP contribution in [0.1, 0.15) is 20.3 Å². The van der Waals surface area contributed by atoms with E-state index < -0.39 is 8.07 Å². The first-order valence-electron chi connectivity index (χ1n) is 6.38. The van der Waals surface area contributed by atoms with E-state index in [9.17, 15) is 0 Å². The zero-order valence-electron chi connectivity index (χ0n) is 12.9. The molecule has 0 bridgehead atoms. The highest BCUT2D eigenvalue weighted by Crippen LogP contribution is 2.27. The highest BCUT2D eigenvalue weighted by Gasteiger charge is 2.28. The molecule has 19 heavy (non-hydrogen) atoms. The van der Waals surface area contributed by atoms with Gasteiger partial charge in [-0.1, -0.05) is 61.3 Å². The summed E-state index contributed by atoms with van der Waals surface area (Å²) in [5.74, 6) is 9.47. The summed E-state index contributed by atoms with van der Waals surface area (Å²) < 4.78 is 10.7. The van der Waals surface area contributed by atoms with Crippen LogP contribution in [-0.4, -0.2) is 33.4 Å². The van der Waals surface area contributed by atoms with Gasteiger partial charge in [-0.15, -0.1) is 11.5 Å². The molecule has 0 heterocycles. The molecule has 0 fully saturated rings. The maximum absolute atomic E-state index is 5.73. The van der Waals surface area contributed by atoms with E-state index in [2.05, 4.69) is 72.7 Å². The molecule has 0 N–H and O–H groups in total. The van der Waals surface area contributed by atoms with Crippen LogP contribution in [0.3, 0.4) is 0 Å². The quantitative estimate of drug-likeness (QED) is 0.328. The first-order chi connectivity index (χ1) is 8.73. The molecule has 0 spiro atoms. The average Bonchev–Trinajstić information content (AvgIpc) is 2.27. The first kappa shape index (κ1) is 18.7. The van der Waals surface area contributed by atoms with Gasteiger partial charge in [0.15, 0.2) is 0 Å². The Morgan fingerprint density at radius 3 is 2.32 bits per heavy atom. The Kier molecular flexibility index (Phi) is 8.70. The average molecular weight is 345 g/mol. The smallest absolute Gasteiger partial charge is 0.148 e. The van der Waals surface area contributed by atoms with Gasteiger partial charge >= 0.3 is 0 Å². The second-order valence-electron chi connectivity index (χ2n) is 6.13. The summed E-state index contributed by atoms with van der Waals surface area (Å²) in [7, 11) is 0.224. The van der Waals surface area contributed by atoms with Crippen molar-refractivity contribution in [2.75, 3.05) is 19.2 Å². The van der Waals surface area contributed by atoms with Crippen LogP contribution < -0.4 is 0 Å². The number of rotatable bonds is 5. The van der Waals surface area contributed by atoms with Crippen molar-refractivity contribution >= 4 is 24.0 Å². The monoisotopic (exact) mass is 344 g/mol. The number of alkyl halides is 1. The molecule has 0 aromatic carbocycles. The van der Waals surface area contributed by atoms with Crippen LogP contribution in [0.25, 0.3) is 0 Å². The lowest BCUT2D eigenvalue weighted by Gasteiger charge is -2.29. The molecule has 0 aromatic rings. The SMILES string of the molecule is COCOC(C#C[Si](C)(C)C)C(C)(C)CC#CCBr. The molecular formula is C15H25BrO2Si. The van der Waals surface area contributed by atoms with Crippen molar-refractivity contribution in [3.63, 3.8) is 0 Å². The summed E-state index contributed by atoms with van der Waals surface area (Å²) in [4.78, 5) is 0. The zero-order valence-corrected chi connectivity index (χ0v) is 15.5. The van der Waals surface area contributed by atoms with Gasteiger partial charge in [0.2, 0.25) is 0 Å². The van der Waals surface area contributed by atoms with E-state index in [-0.39, 0.29) is 18.3 Å². The van der Waals surface area contributed by atoms with Crippen molar-refractivity contribution in [3.8, 4) is 23.3 Å². The van der Waals surface area contributed by atoms with Gasteiger partial charge in [0.05, 0.1) is 5.33 Å². The van der Waals surface area contributed by atoms with Crippen molar-refractivity contribution in [1.82, 2.24) is 0 Å². The number of methoxy groups -OCH3 is 1. The molecule has 0 amide bonds. The van der Waals surface area contributed by atoms with E-state index in [1.54, 1.807) is 7.11 Å². The van der Waals surface area contributed by atoms with Crippen molar-refractivity contribution < 1.29 is 9.47 Å². The van der Waals surface area contributed by atoms with Gasteiger partial charge in [-0.3, -0.25) is 0 Å². The van der Waals surface area contributed by atoms with E-state index >= 15 is 0 Å². The fraction of sp³-hybridized carbons (Fsp3) is 0.733. The van der Waals surface area contributed by atoms with Crippen LogP contribution in [0.15, 0.2) is 0 Å². The van der Waals surface area contributed by atoms with Crippen molar-refractivity contribution in [2.24, 2.45) is 5.41 Å². The maximum atomic E-state index is 5.73. The summed E-state index contributed by atoms with van der Waals surface area (Å²) in [6.07, 6.45) is 0.608. The fourth-order valence-electron chi connectivity index (χ4n) is 1.31. The third-order valence-electron chi connectivity index (χ3n) is 2.38. The molecule has 4 heteroatoms. The van der Waals surface area contributed by atoms with Crippen LogP contribution in [0, 0.1) is 28.7 Å². The molecule has 0 aliphatic carbocycles. The molecular weight excluding hydrogens is 320 g/mol. The van der Waals surface area contributed by atoms with Crippen LogP contribution in [0.5, 0.6) is 0 Å². The van der Waals surface area contributed by atoms with Crippen molar-refractivity contribution in [2.45, 2.75) is 46.0 Å². The lowest BCUT2D eigenvalue weighted by atomic mass is 9.83. The zero-order chi connectivity index (χ0) is 14.9. The minimum absolute atomic E-state index is 0.111. The Hall–Kier alpha value is -0.263. The van der Waals surface area contributed by atoms with E-state index in [0.29, 0.717) is 5.33 Å². The molecule has 2 nitrogen and oxygen atoms in total. The van der Waals surface area contributed by atoms with Gasteiger partial charge in [-0.2, -0.15) is 0 Å². The topological polar surface area (TPSA) is 18.5 Å². The third kappa shape index (κ3) is 9.30. The van der Waals surface area contributed by atoms with Gasteiger partial charge in [0, 0.05) is 18.9 Å². The van der Waals surface area contributed by atoms with E-state index in [1.807, 2.05) is 0 Å². The molecule has 0 saturated carbocycles. The Bertz CT molecular complexity index is 377. The molecule has 0 radical (unpaired) electrons. The second kappa shape index (κ2) is 8.82. The molecule has 1 atom stereocenters. The number of hydrogen-bond donors (Lipinski definition) is 0. The normalized spacial score (nSPS) is 13.0. The highest BCUT2D eigenvalue weighted by molar-refractivity contribution is 9.09. The largest absolute Gasteiger partial charge is 0.359 e. The number of ether oxygens (including phenoxy) is 2.